The third-order valence-corrected chi connectivity index (χ3v) is 5.26. The molecule has 1 amide bonds. The van der Waals surface area contributed by atoms with Crippen molar-refractivity contribution in [2.45, 2.75) is 63.5 Å². The Balaban J connectivity index is 1.51. The maximum atomic E-state index is 12.4. The Morgan fingerprint density at radius 1 is 1.45 bits per heavy atom. The molecule has 2 heterocycles. The second-order valence-electron chi connectivity index (χ2n) is 7.14. The fourth-order valence-electron chi connectivity index (χ4n) is 3.88. The van der Waals surface area contributed by atoms with E-state index in [2.05, 4.69) is 9.55 Å². The van der Waals surface area contributed by atoms with Crippen LogP contribution in [0.3, 0.4) is 0 Å². The molecule has 0 radical (unpaired) electrons. The fraction of sp³-hybridized carbons (Fsp3) is 0.765. The van der Waals surface area contributed by atoms with E-state index in [-0.39, 0.29) is 12.3 Å². The first-order chi connectivity index (χ1) is 10.6. The molecule has 0 bridgehead atoms. The Kier molecular flexibility index (Phi) is 4.52. The molecule has 1 saturated carbocycles. The third kappa shape index (κ3) is 3.51. The first-order valence-corrected chi connectivity index (χ1v) is 8.52. The molecule has 1 N–H and O–H groups in total. The van der Waals surface area contributed by atoms with Gasteiger partial charge in [0.1, 0.15) is 5.82 Å². The van der Waals surface area contributed by atoms with Gasteiger partial charge in [-0.1, -0.05) is 19.3 Å². The number of carbonyl (C=O) groups is 1. The summed E-state index contributed by atoms with van der Waals surface area (Å²) in [6.07, 6.45) is 11.0. The molecule has 22 heavy (non-hydrogen) atoms. The summed E-state index contributed by atoms with van der Waals surface area (Å²) < 4.78 is 2.20. The van der Waals surface area contributed by atoms with E-state index >= 15 is 0 Å². The van der Waals surface area contributed by atoms with Crippen LogP contribution in [0.4, 0.5) is 0 Å². The number of nitrogens with zero attached hydrogens (tertiary/aromatic N) is 3. The number of imidazole rings is 1. The lowest BCUT2D eigenvalue weighted by atomic mass is 9.82. The van der Waals surface area contributed by atoms with Gasteiger partial charge in [-0.05, 0) is 25.2 Å². The van der Waals surface area contributed by atoms with Gasteiger partial charge in [0.15, 0.2) is 0 Å². The zero-order valence-electron chi connectivity index (χ0n) is 13.5. The van der Waals surface area contributed by atoms with Gasteiger partial charge < -0.3 is 14.6 Å². The molecule has 1 aliphatic carbocycles. The summed E-state index contributed by atoms with van der Waals surface area (Å²) in [5.41, 5.74) is -0.756. The predicted molar refractivity (Wildman–Crippen MR) is 84.3 cm³/mol. The molecule has 122 valence electrons. The minimum Gasteiger partial charge on any atom is -0.389 e. The van der Waals surface area contributed by atoms with Gasteiger partial charge in [0, 0.05) is 39.0 Å². The van der Waals surface area contributed by atoms with Crippen molar-refractivity contribution in [3.05, 3.63) is 18.2 Å². The molecule has 1 aliphatic heterocycles. The van der Waals surface area contributed by atoms with Crippen molar-refractivity contribution in [3.8, 4) is 0 Å². The second kappa shape index (κ2) is 6.41. The minimum atomic E-state index is -0.756. The summed E-state index contributed by atoms with van der Waals surface area (Å²) in [6, 6.07) is 0. The van der Waals surface area contributed by atoms with Crippen molar-refractivity contribution in [3.63, 3.8) is 0 Å². The highest BCUT2D eigenvalue weighted by molar-refractivity contribution is 5.77. The molecule has 1 aromatic heterocycles. The number of aryl methyl sites for hydroxylation is 1. The van der Waals surface area contributed by atoms with Crippen molar-refractivity contribution in [2.75, 3.05) is 13.6 Å². The van der Waals surface area contributed by atoms with E-state index in [0.717, 1.165) is 57.4 Å². The van der Waals surface area contributed by atoms with E-state index in [1.165, 1.54) is 6.42 Å². The number of aliphatic hydroxyl groups is 1. The molecule has 3 rings (SSSR count). The number of carbonyl (C=O) groups excluding carboxylic acids is 1. The zero-order valence-corrected chi connectivity index (χ0v) is 13.5. The Morgan fingerprint density at radius 3 is 3.00 bits per heavy atom. The first kappa shape index (κ1) is 15.5. The highest BCUT2D eigenvalue weighted by atomic mass is 16.3. The monoisotopic (exact) mass is 305 g/mol. The van der Waals surface area contributed by atoms with Gasteiger partial charge in [-0.25, -0.2) is 4.98 Å². The average Bonchev–Trinajstić information content (AvgIpc) is 2.95. The third-order valence-electron chi connectivity index (χ3n) is 5.26. The molecular formula is C17H27N3O2. The fourth-order valence-corrected chi connectivity index (χ4v) is 3.88. The highest BCUT2D eigenvalue weighted by Gasteiger charge is 2.33. The van der Waals surface area contributed by atoms with Crippen LogP contribution in [0.25, 0.3) is 0 Å². The summed E-state index contributed by atoms with van der Waals surface area (Å²) in [7, 11) is 1.87. The normalized spacial score (nSPS) is 23.8. The van der Waals surface area contributed by atoms with Crippen LogP contribution in [0, 0.1) is 5.92 Å². The maximum Gasteiger partial charge on any atom is 0.225 e. The van der Waals surface area contributed by atoms with E-state index in [9.17, 15) is 9.90 Å². The number of rotatable bonds is 4. The van der Waals surface area contributed by atoms with Crippen molar-refractivity contribution in [1.82, 2.24) is 14.5 Å². The SMILES string of the molecule is CN(C[C@@H]1CCc2nccn2C1)C(=O)CC1(O)CCCCC1. The number of amides is 1. The molecule has 0 unspecified atom stereocenters. The number of aromatic nitrogens is 2. The molecular weight excluding hydrogens is 278 g/mol. The largest absolute Gasteiger partial charge is 0.389 e. The Bertz CT molecular complexity index is 520. The Labute approximate surface area is 132 Å². The lowest BCUT2D eigenvalue weighted by Crippen LogP contribution is -2.41. The quantitative estimate of drug-likeness (QED) is 0.925. The summed E-state index contributed by atoms with van der Waals surface area (Å²) in [5, 5.41) is 10.5. The van der Waals surface area contributed by atoms with Crippen LogP contribution in [-0.4, -0.2) is 44.7 Å². The van der Waals surface area contributed by atoms with E-state index in [0.29, 0.717) is 5.92 Å². The van der Waals surface area contributed by atoms with Crippen LogP contribution in [0.5, 0.6) is 0 Å². The topological polar surface area (TPSA) is 58.4 Å². The van der Waals surface area contributed by atoms with Gasteiger partial charge in [0.25, 0.3) is 0 Å². The van der Waals surface area contributed by atoms with Crippen LogP contribution in [0.2, 0.25) is 0 Å². The standard InChI is InChI=1S/C17H27N3O2/c1-19(16(21)11-17(22)7-3-2-4-8-17)12-14-5-6-15-18-9-10-20(15)13-14/h9-10,14,22H,2-8,11-13H2,1H3/t14-/m0/s1. The summed E-state index contributed by atoms with van der Waals surface area (Å²) in [6.45, 7) is 1.71. The number of hydrogen-bond donors (Lipinski definition) is 1. The molecule has 2 aliphatic rings. The van der Waals surface area contributed by atoms with Gasteiger partial charge in [-0.3, -0.25) is 4.79 Å². The first-order valence-electron chi connectivity index (χ1n) is 8.52. The molecule has 1 aromatic rings. The van der Waals surface area contributed by atoms with Gasteiger partial charge in [0.2, 0.25) is 5.91 Å². The summed E-state index contributed by atoms with van der Waals surface area (Å²) >= 11 is 0. The summed E-state index contributed by atoms with van der Waals surface area (Å²) in [5.74, 6) is 1.72. The van der Waals surface area contributed by atoms with E-state index in [1.807, 2.05) is 24.3 Å². The molecule has 1 fully saturated rings. The Morgan fingerprint density at radius 2 is 2.23 bits per heavy atom. The van der Waals surface area contributed by atoms with E-state index < -0.39 is 5.60 Å². The average molecular weight is 305 g/mol. The lowest BCUT2D eigenvalue weighted by molar-refractivity contribution is -0.137. The van der Waals surface area contributed by atoms with Crippen molar-refractivity contribution in [1.29, 1.82) is 0 Å². The van der Waals surface area contributed by atoms with Gasteiger partial charge in [0.05, 0.1) is 12.0 Å². The second-order valence-corrected chi connectivity index (χ2v) is 7.14. The van der Waals surface area contributed by atoms with Crippen LogP contribution in [-0.2, 0) is 17.8 Å². The zero-order chi connectivity index (χ0) is 15.6. The van der Waals surface area contributed by atoms with Crippen LogP contribution in [0.15, 0.2) is 12.4 Å². The van der Waals surface area contributed by atoms with Crippen molar-refractivity contribution >= 4 is 5.91 Å². The number of hydrogen-bond acceptors (Lipinski definition) is 3. The molecule has 5 nitrogen and oxygen atoms in total. The summed E-state index contributed by atoms with van der Waals surface area (Å²) in [4.78, 5) is 18.6. The van der Waals surface area contributed by atoms with Gasteiger partial charge >= 0.3 is 0 Å². The van der Waals surface area contributed by atoms with Crippen molar-refractivity contribution < 1.29 is 9.90 Å². The molecule has 5 heteroatoms. The van der Waals surface area contributed by atoms with Crippen molar-refractivity contribution in [2.24, 2.45) is 5.92 Å². The predicted octanol–water partition coefficient (Wildman–Crippen LogP) is 1.99. The van der Waals surface area contributed by atoms with Crippen LogP contribution >= 0.6 is 0 Å². The maximum absolute atomic E-state index is 12.4. The van der Waals surface area contributed by atoms with Gasteiger partial charge in [-0.2, -0.15) is 0 Å². The molecule has 1 atom stereocenters. The van der Waals surface area contributed by atoms with Crippen LogP contribution in [0.1, 0.15) is 50.8 Å². The number of fused-ring (bicyclic) bond motifs is 1. The molecule has 0 saturated heterocycles. The van der Waals surface area contributed by atoms with E-state index in [4.69, 9.17) is 0 Å². The minimum absolute atomic E-state index is 0.0841. The van der Waals surface area contributed by atoms with E-state index in [1.54, 1.807) is 0 Å². The lowest BCUT2D eigenvalue weighted by Gasteiger charge is -2.34. The molecule has 0 aromatic carbocycles. The van der Waals surface area contributed by atoms with Crippen LogP contribution < -0.4 is 0 Å². The van der Waals surface area contributed by atoms with Gasteiger partial charge in [-0.15, -0.1) is 0 Å². The smallest absolute Gasteiger partial charge is 0.225 e. The molecule has 0 spiro atoms. The highest BCUT2D eigenvalue weighted by Crippen LogP contribution is 2.31. The Hall–Kier alpha value is -1.36.